The normalized spacial score (nSPS) is 10.4. The first-order valence-electron chi connectivity index (χ1n) is 6.11. The number of nitrogens with two attached hydrogens (primary N) is 1. The molecule has 0 unspecified atom stereocenters. The molecule has 0 aliphatic rings. The van der Waals surface area contributed by atoms with E-state index in [9.17, 15) is 0 Å². The molecule has 2 N–H and O–H groups in total. The van der Waals surface area contributed by atoms with Crippen LogP contribution in [0.15, 0.2) is 36.4 Å². The highest BCUT2D eigenvalue weighted by molar-refractivity contribution is 5.53. The number of anilines is 1. The molecule has 0 heterocycles. The van der Waals surface area contributed by atoms with Crippen LogP contribution in [0.1, 0.15) is 22.3 Å². The summed E-state index contributed by atoms with van der Waals surface area (Å²) >= 11 is 0. The van der Waals surface area contributed by atoms with Crippen molar-refractivity contribution in [1.82, 2.24) is 0 Å². The third-order valence-corrected chi connectivity index (χ3v) is 3.08. The van der Waals surface area contributed by atoms with Gasteiger partial charge in [0.1, 0.15) is 12.4 Å². The number of aryl methyl sites for hydroxylation is 3. The molecule has 2 aromatic carbocycles. The van der Waals surface area contributed by atoms with E-state index in [1.807, 2.05) is 26.0 Å². The van der Waals surface area contributed by atoms with Crippen LogP contribution in [0, 0.1) is 20.8 Å². The zero-order valence-corrected chi connectivity index (χ0v) is 11.2. The van der Waals surface area contributed by atoms with E-state index in [0.717, 1.165) is 22.6 Å². The fourth-order valence-electron chi connectivity index (χ4n) is 1.81. The summed E-state index contributed by atoms with van der Waals surface area (Å²) in [5.74, 6) is 0.905. The van der Waals surface area contributed by atoms with Crippen LogP contribution in [-0.4, -0.2) is 0 Å². The Balaban J connectivity index is 2.10. The van der Waals surface area contributed by atoms with E-state index in [0.29, 0.717) is 6.61 Å². The van der Waals surface area contributed by atoms with Crippen LogP contribution in [0.5, 0.6) is 5.75 Å². The maximum atomic E-state index is 5.86. The smallest absolute Gasteiger partial charge is 0.123 e. The third-order valence-electron chi connectivity index (χ3n) is 3.08. The van der Waals surface area contributed by atoms with Gasteiger partial charge in [0, 0.05) is 5.69 Å². The molecule has 2 aromatic rings. The van der Waals surface area contributed by atoms with Gasteiger partial charge in [-0.05, 0) is 49.6 Å². The molecule has 18 heavy (non-hydrogen) atoms. The first kappa shape index (κ1) is 12.5. The number of benzene rings is 2. The van der Waals surface area contributed by atoms with E-state index in [1.165, 1.54) is 11.1 Å². The van der Waals surface area contributed by atoms with E-state index in [1.54, 1.807) is 0 Å². The van der Waals surface area contributed by atoms with Crippen LogP contribution in [0.3, 0.4) is 0 Å². The molecule has 0 aliphatic heterocycles. The second-order valence-corrected chi connectivity index (χ2v) is 4.75. The maximum absolute atomic E-state index is 5.86. The Kier molecular flexibility index (Phi) is 3.56. The van der Waals surface area contributed by atoms with Gasteiger partial charge in [-0.3, -0.25) is 0 Å². The fraction of sp³-hybridized carbons (Fsp3) is 0.250. The molecular formula is C16H19NO. The number of hydrogen-bond donors (Lipinski definition) is 1. The van der Waals surface area contributed by atoms with Crippen LogP contribution in [0.25, 0.3) is 0 Å². The number of rotatable bonds is 3. The van der Waals surface area contributed by atoms with Crippen molar-refractivity contribution in [3.8, 4) is 5.75 Å². The summed E-state index contributed by atoms with van der Waals surface area (Å²) in [5.41, 5.74) is 11.2. The van der Waals surface area contributed by atoms with Crippen molar-refractivity contribution in [3.05, 3.63) is 58.7 Å². The molecule has 0 bridgehead atoms. The second kappa shape index (κ2) is 5.13. The summed E-state index contributed by atoms with van der Waals surface area (Å²) in [6.07, 6.45) is 0. The van der Waals surface area contributed by atoms with Crippen LogP contribution >= 0.6 is 0 Å². The predicted molar refractivity (Wildman–Crippen MR) is 75.8 cm³/mol. The van der Waals surface area contributed by atoms with Gasteiger partial charge in [0.15, 0.2) is 0 Å². The molecule has 94 valence electrons. The van der Waals surface area contributed by atoms with Gasteiger partial charge in [-0.15, -0.1) is 0 Å². The molecule has 2 rings (SSSR count). The summed E-state index contributed by atoms with van der Waals surface area (Å²) in [4.78, 5) is 0. The average Bonchev–Trinajstić information content (AvgIpc) is 2.34. The van der Waals surface area contributed by atoms with Gasteiger partial charge in [0.2, 0.25) is 0 Å². The summed E-state index contributed by atoms with van der Waals surface area (Å²) in [7, 11) is 0. The van der Waals surface area contributed by atoms with Crippen LogP contribution in [-0.2, 0) is 6.61 Å². The molecule has 0 atom stereocenters. The van der Waals surface area contributed by atoms with E-state index in [2.05, 4.69) is 31.2 Å². The summed E-state index contributed by atoms with van der Waals surface area (Å²) in [5, 5.41) is 0. The lowest BCUT2D eigenvalue weighted by Crippen LogP contribution is -1.99. The van der Waals surface area contributed by atoms with E-state index in [-0.39, 0.29) is 0 Å². The lowest BCUT2D eigenvalue weighted by atomic mass is 10.1. The number of ether oxygens (including phenoxy) is 1. The highest BCUT2D eigenvalue weighted by Crippen LogP contribution is 2.25. The zero-order valence-electron chi connectivity index (χ0n) is 11.2. The molecule has 0 radical (unpaired) electrons. The van der Waals surface area contributed by atoms with Crippen molar-refractivity contribution < 1.29 is 4.74 Å². The van der Waals surface area contributed by atoms with Gasteiger partial charge in [-0.1, -0.05) is 29.8 Å². The van der Waals surface area contributed by atoms with Crippen molar-refractivity contribution >= 4 is 5.69 Å². The standard InChI is InChI=1S/C16H19NO/c1-11-4-6-14(7-5-11)10-18-16-9-12(2)15(17)8-13(16)3/h4-9H,10,17H2,1-3H3. The second-order valence-electron chi connectivity index (χ2n) is 4.75. The van der Waals surface area contributed by atoms with Crippen molar-refractivity contribution in [2.75, 3.05) is 5.73 Å². The van der Waals surface area contributed by atoms with Crippen LogP contribution in [0.4, 0.5) is 5.69 Å². The highest BCUT2D eigenvalue weighted by atomic mass is 16.5. The Morgan fingerprint density at radius 3 is 2.28 bits per heavy atom. The van der Waals surface area contributed by atoms with Gasteiger partial charge in [-0.25, -0.2) is 0 Å². The monoisotopic (exact) mass is 241 g/mol. The van der Waals surface area contributed by atoms with Crippen LogP contribution < -0.4 is 10.5 Å². The molecule has 0 amide bonds. The van der Waals surface area contributed by atoms with E-state index < -0.39 is 0 Å². The van der Waals surface area contributed by atoms with Crippen molar-refractivity contribution in [1.29, 1.82) is 0 Å². The average molecular weight is 241 g/mol. The molecule has 0 aliphatic carbocycles. The summed E-state index contributed by atoms with van der Waals surface area (Å²) in [6, 6.07) is 12.3. The highest BCUT2D eigenvalue weighted by Gasteiger charge is 2.03. The Bertz CT molecular complexity index is 544. The van der Waals surface area contributed by atoms with Crippen molar-refractivity contribution in [2.24, 2.45) is 0 Å². The molecule has 2 heteroatoms. The Hall–Kier alpha value is -1.96. The van der Waals surface area contributed by atoms with E-state index >= 15 is 0 Å². The fourth-order valence-corrected chi connectivity index (χ4v) is 1.81. The molecule has 0 saturated carbocycles. The first-order valence-corrected chi connectivity index (χ1v) is 6.11. The lowest BCUT2D eigenvalue weighted by molar-refractivity contribution is 0.304. The van der Waals surface area contributed by atoms with Gasteiger partial charge < -0.3 is 10.5 Å². The molecule has 0 aromatic heterocycles. The van der Waals surface area contributed by atoms with Gasteiger partial charge >= 0.3 is 0 Å². The zero-order chi connectivity index (χ0) is 13.1. The quantitative estimate of drug-likeness (QED) is 0.830. The van der Waals surface area contributed by atoms with Crippen LogP contribution in [0.2, 0.25) is 0 Å². The topological polar surface area (TPSA) is 35.2 Å². The van der Waals surface area contributed by atoms with Gasteiger partial charge in [-0.2, -0.15) is 0 Å². The predicted octanol–water partition coefficient (Wildman–Crippen LogP) is 3.77. The molecule has 2 nitrogen and oxygen atoms in total. The molecular weight excluding hydrogens is 222 g/mol. The Morgan fingerprint density at radius 1 is 0.944 bits per heavy atom. The molecule has 0 fully saturated rings. The minimum absolute atomic E-state index is 0.588. The summed E-state index contributed by atoms with van der Waals surface area (Å²) < 4.78 is 5.84. The molecule has 0 spiro atoms. The summed E-state index contributed by atoms with van der Waals surface area (Å²) in [6.45, 7) is 6.68. The minimum Gasteiger partial charge on any atom is -0.489 e. The lowest BCUT2D eigenvalue weighted by Gasteiger charge is -2.11. The minimum atomic E-state index is 0.588. The third kappa shape index (κ3) is 2.83. The largest absolute Gasteiger partial charge is 0.489 e. The van der Waals surface area contributed by atoms with Crippen molar-refractivity contribution in [2.45, 2.75) is 27.4 Å². The van der Waals surface area contributed by atoms with E-state index in [4.69, 9.17) is 10.5 Å². The van der Waals surface area contributed by atoms with Crippen molar-refractivity contribution in [3.63, 3.8) is 0 Å². The van der Waals surface area contributed by atoms with Gasteiger partial charge in [0.05, 0.1) is 0 Å². The molecule has 0 saturated heterocycles. The SMILES string of the molecule is Cc1ccc(COc2cc(C)c(N)cc2C)cc1. The number of nitrogen functional groups attached to an aromatic ring is 1. The maximum Gasteiger partial charge on any atom is 0.123 e. The first-order chi connectivity index (χ1) is 8.56. The Labute approximate surface area is 108 Å². The Morgan fingerprint density at radius 2 is 1.61 bits per heavy atom. The number of hydrogen-bond acceptors (Lipinski definition) is 2. The van der Waals surface area contributed by atoms with Gasteiger partial charge in [0.25, 0.3) is 0 Å².